The number of carbonyl (C=O) groups is 1. The molecule has 1 amide bonds. The van der Waals surface area contributed by atoms with Crippen LogP contribution in [-0.4, -0.2) is 56.8 Å². The highest BCUT2D eigenvalue weighted by Gasteiger charge is 2.25. The van der Waals surface area contributed by atoms with Gasteiger partial charge in [-0.1, -0.05) is 0 Å². The Labute approximate surface area is 154 Å². The van der Waals surface area contributed by atoms with E-state index in [-0.39, 0.29) is 18.7 Å². The van der Waals surface area contributed by atoms with E-state index in [0.717, 1.165) is 5.56 Å². The molecule has 1 aromatic rings. The standard InChI is InChI=1S/C19H28FNO5/c1-19(2,3)26-18(22)21-7-5-14-11-15(25-13-24-10-9-23-4)12-17(20)16(14)6-8-21/h11-12H,5-10,13H2,1-4H3. The van der Waals surface area contributed by atoms with E-state index in [0.29, 0.717) is 50.5 Å². The van der Waals surface area contributed by atoms with Crippen molar-refractivity contribution in [3.63, 3.8) is 0 Å². The van der Waals surface area contributed by atoms with Crippen LogP contribution in [0.4, 0.5) is 9.18 Å². The normalized spacial score (nSPS) is 14.6. The molecule has 2 rings (SSSR count). The lowest BCUT2D eigenvalue weighted by atomic mass is 10.0. The molecule has 0 aliphatic carbocycles. The Kier molecular flexibility index (Phi) is 7.23. The van der Waals surface area contributed by atoms with E-state index in [2.05, 4.69) is 0 Å². The number of amides is 1. The number of hydrogen-bond donors (Lipinski definition) is 0. The molecule has 1 aliphatic rings. The molecule has 0 aromatic heterocycles. The molecule has 146 valence electrons. The minimum atomic E-state index is -0.550. The fraction of sp³-hybridized carbons (Fsp3) is 0.632. The first-order valence-corrected chi connectivity index (χ1v) is 8.79. The molecule has 26 heavy (non-hydrogen) atoms. The fourth-order valence-corrected chi connectivity index (χ4v) is 2.69. The number of fused-ring (bicyclic) bond motifs is 1. The number of nitrogens with zero attached hydrogens (tertiary/aromatic N) is 1. The molecule has 0 fully saturated rings. The number of rotatable bonds is 6. The monoisotopic (exact) mass is 369 g/mol. The molecular formula is C19H28FNO5. The average molecular weight is 369 g/mol. The molecule has 1 aliphatic heterocycles. The molecule has 0 spiro atoms. The fourth-order valence-electron chi connectivity index (χ4n) is 2.69. The Balaban J connectivity index is 1.98. The third-order valence-electron chi connectivity index (χ3n) is 3.94. The van der Waals surface area contributed by atoms with E-state index in [4.69, 9.17) is 18.9 Å². The highest BCUT2D eigenvalue weighted by molar-refractivity contribution is 5.68. The molecule has 0 atom stereocenters. The van der Waals surface area contributed by atoms with Gasteiger partial charge in [-0.25, -0.2) is 9.18 Å². The molecule has 0 unspecified atom stereocenters. The summed E-state index contributed by atoms with van der Waals surface area (Å²) in [6, 6.07) is 3.18. The first kappa shape index (κ1) is 20.5. The Morgan fingerprint density at radius 3 is 2.62 bits per heavy atom. The highest BCUT2D eigenvalue weighted by Crippen LogP contribution is 2.26. The van der Waals surface area contributed by atoms with Crippen LogP contribution in [0.3, 0.4) is 0 Å². The average Bonchev–Trinajstić information content (AvgIpc) is 2.76. The second-order valence-corrected chi connectivity index (χ2v) is 7.17. The van der Waals surface area contributed by atoms with Crippen LogP contribution in [0.15, 0.2) is 12.1 Å². The minimum Gasteiger partial charge on any atom is -0.467 e. The van der Waals surface area contributed by atoms with Crippen molar-refractivity contribution < 1.29 is 28.1 Å². The van der Waals surface area contributed by atoms with Crippen LogP contribution in [0.25, 0.3) is 0 Å². The molecule has 6 nitrogen and oxygen atoms in total. The van der Waals surface area contributed by atoms with Crippen LogP contribution in [0.5, 0.6) is 5.75 Å². The first-order chi connectivity index (χ1) is 12.3. The third-order valence-corrected chi connectivity index (χ3v) is 3.94. The maximum absolute atomic E-state index is 14.5. The Morgan fingerprint density at radius 2 is 1.92 bits per heavy atom. The molecular weight excluding hydrogens is 341 g/mol. The lowest BCUT2D eigenvalue weighted by Gasteiger charge is -2.26. The number of benzene rings is 1. The zero-order chi connectivity index (χ0) is 19.2. The Bertz CT molecular complexity index is 615. The zero-order valence-corrected chi connectivity index (χ0v) is 16.0. The first-order valence-electron chi connectivity index (χ1n) is 8.79. The second kappa shape index (κ2) is 9.19. The van der Waals surface area contributed by atoms with Gasteiger partial charge in [0, 0.05) is 26.3 Å². The van der Waals surface area contributed by atoms with Crippen molar-refractivity contribution in [1.29, 1.82) is 0 Å². The van der Waals surface area contributed by atoms with Gasteiger partial charge in [-0.3, -0.25) is 0 Å². The summed E-state index contributed by atoms with van der Waals surface area (Å²) in [5, 5.41) is 0. The predicted molar refractivity (Wildman–Crippen MR) is 94.9 cm³/mol. The minimum absolute atomic E-state index is 0.0334. The van der Waals surface area contributed by atoms with E-state index >= 15 is 0 Å². The van der Waals surface area contributed by atoms with E-state index in [1.54, 1.807) is 12.0 Å². The van der Waals surface area contributed by atoms with Gasteiger partial charge < -0.3 is 23.8 Å². The second-order valence-electron chi connectivity index (χ2n) is 7.17. The van der Waals surface area contributed by atoms with Gasteiger partial charge in [0.15, 0.2) is 6.79 Å². The Morgan fingerprint density at radius 1 is 1.19 bits per heavy atom. The molecule has 0 N–H and O–H groups in total. The molecule has 0 radical (unpaired) electrons. The molecule has 0 saturated heterocycles. The van der Waals surface area contributed by atoms with Gasteiger partial charge in [0.05, 0.1) is 13.2 Å². The lowest BCUT2D eigenvalue weighted by molar-refractivity contribution is -0.00862. The molecule has 0 saturated carbocycles. The van der Waals surface area contributed by atoms with Gasteiger partial charge in [-0.05, 0) is 50.8 Å². The summed E-state index contributed by atoms with van der Waals surface area (Å²) < 4.78 is 35.5. The van der Waals surface area contributed by atoms with Crippen molar-refractivity contribution in [3.8, 4) is 5.75 Å². The topological polar surface area (TPSA) is 57.2 Å². The third kappa shape index (κ3) is 6.14. The van der Waals surface area contributed by atoms with Crippen molar-refractivity contribution >= 4 is 6.09 Å². The largest absolute Gasteiger partial charge is 0.467 e. The van der Waals surface area contributed by atoms with Gasteiger partial charge in [0.2, 0.25) is 0 Å². The summed E-state index contributed by atoms with van der Waals surface area (Å²) in [6.07, 6.45) is 0.631. The quantitative estimate of drug-likeness (QED) is 0.569. The number of halogens is 1. The smallest absolute Gasteiger partial charge is 0.410 e. The van der Waals surface area contributed by atoms with Crippen molar-refractivity contribution in [1.82, 2.24) is 4.90 Å². The van der Waals surface area contributed by atoms with Crippen molar-refractivity contribution in [2.75, 3.05) is 40.2 Å². The van der Waals surface area contributed by atoms with E-state index in [9.17, 15) is 9.18 Å². The summed E-state index contributed by atoms with van der Waals surface area (Å²) >= 11 is 0. The summed E-state index contributed by atoms with van der Waals surface area (Å²) in [5.41, 5.74) is 0.928. The van der Waals surface area contributed by atoms with Crippen LogP contribution in [0.1, 0.15) is 31.9 Å². The predicted octanol–water partition coefficient (Wildman–Crippen LogP) is 3.16. The van der Waals surface area contributed by atoms with Crippen LogP contribution in [0, 0.1) is 5.82 Å². The number of hydrogen-bond acceptors (Lipinski definition) is 5. The van der Waals surface area contributed by atoms with Crippen molar-refractivity contribution in [2.45, 2.75) is 39.2 Å². The molecule has 1 aromatic carbocycles. The summed E-state index contributed by atoms with van der Waals surface area (Å²) in [7, 11) is 1.59. The van der Waals surface area contributed by atoms with Crippen molar-refractivity contribution in [2.24, 2.45) is 0 Å². The maximum Gasteiger partial charge on any atom is 0.410 e. The van der Waals surface area contributed by atoms with Crippen molar-refractivity contribution in [3.05, 3.63) is 29.1 Å². The van der Waals surface area contributed by atoms with E-state index in [1.807, 2.05) is 26.8 Å². The summed E-state index contributed by atoms with van der Waals surface area (Å²) in [5.74, 6) is 0.102. The van der Waals surface area contributed by atoms with Crippen LogP contribution >= 0.6 is 0 Å². The molecule has 0 bridgehead atoms. The number of ether oxygens (including phenoxy) is 4. The van der Waals surface area contributed by atoms with Gasteiger partial charge in [-0.15, -0.1) is 0 Å². The molecule has 1 heterocycles. The van der Waals surface area contributed by atoms with Gasteiger partial charge in [0.1, 0.15) is 17.2 Å². The van der Waals surface area contributed by atoms with Crippen LogP contribution in [-0.2, 0) is 27.1 Å². The molecule has 7 heteroatoms. The van der Waals surface area contributed by atoms with E-state index in [1.165, 1.54) is 6.07 Å². The summed E-state index contributed by atoms with van der Waals surface area (Å²) in [4.78, 5) is 13.9. The van der Waals surface area contributed by atoms with E-state index < -0.39 is 5.60 Å². The van der Waals surface area contributed by atoms with Gasteiger partial charge in [-0.2, -0.15) is 0 Å². The van der Waals surface area contributed by atoms with Gasteiger partial charge in [0.25, 0.3) is 0 Å². The van der Waals surface area contributed by atoms with Crippen LogP contribution in [0.2, 0.25) is 0 Å². The Hall–Kier alpha value is -1.86. The number of methoxy groups -OCH3 is 1. The van der Waals surface area contributed by atoms with Gasteiger partial charge >= 0.3 is 6.09 Å². The number of carbonyl (C=O) groups excluding carboxylic acids is 1. The maximum atomic E-state index is 14.5. The zero-order valence-electron chi connectivity index (χ0n) is 16.0. The lowest BCUT2D eigenvalue weighted by Crippen LogP contribution is -2.38. The highest BCUT2D eigenvalue weighted by atomic mass is 19.1. The van der Waals surface area contributed by atoms with Crippen LogP contribution < -0.4 is 4.74 Å². The SMILES string of the molecule is COCCOCOc1cc(F)c2c(c1)CCN(C(=O)OC(C)(C)C)CC2. The summed E-state index contributed by atoms with van der Waals surface area (Å²) in [6.45, 7) is 7.32.